The molecule has 0 radical (unpaired) electrons. The lowest BCUT2D eigenvalue weighted by Crippen LogP contribution is -1.86. The quantitative estimate of drug-likeness (QED) is 0.394. The third-order valence-corrected chi connectivity index (χ3v) is 1.29. The van der Waals surface area contributed by atoms with Gasteiger partial charge in [0, 0.05) is 5.56 Å². The number of nitrogens with zero attached hydrogens (tertiary/aromatic N) is 1. The van der Waals surface area contributed by atoms with Crippen molar-refractivity contribution in [3.8, 4) is 0 Å². The Morgan fingerprint density at radius 3 is 2.73 bits per heavy atom. The van der Waals surface area contributed by atoms with Gasteiger partial charge in [0.1, 0.15) is 12.0 Å². The zero-order chi connectivity index (χ0) is 8.27. The standard InChI is InChI=1S/C7H6N2O2/c8-6-2-1-5(4-10)3-7(6)9-11/h1-4H,8H2. The number of benzene rings is 1. The molecule has 11 heavy (non-hydrogen) atoms. The topological polar surface area (TPSA) is 72.5 Å². The van der Waals surface area contributed by atoms with Crippen LogP contribution in [0.15, 0.2) is 23.4 Å². The van der Waals surface area contributed by atoms with Crippen LogP contribution in [0.2, 0.25) is 0 Å². The Morgan fingerprint density at radius 1 is 1.45 bits per heavy atom. The van der Waals surface area contributed by atoms with Crippen LogP contribution in [0.4, 0.5) is 11.4 Å². The third-order valence-electron chi connectivity index (χ3n) is 1.29. The van der Waals surface area contributed by atoms with Crippen molar-refractivity contribution < 1.29 is 4.79 Å². The van der Waals surface area contributed by atoms with E-state index in [1.807, 2.05) is 0 Å². The molecule has 4 nitrogen and oxygen atoms in total. The molecule has 0 unspecified atom stereocenters. The smallest absolute Gasteiger partial charge is 0.150 e. The fourth-order valence-electron chi connectivity index (χ4n) is 0.713. The molecule has 0 aliphatic heterocycles. The Balaban J connectivity index is 3.22. The molecule has 0 spiro atoms. The second kappa shape index (κ2) is 2.92. The molecule has 0 aliphatic rings. The van der Waals surface area contributed by atoms with E-state index in [1.165, 1.54) is 18.2 Å². The SMILES string of the molecule is Nc1ccc(C=O)cc1N=O. The summed E-state index contributed by atoms with van der Waals surface area (Å²) in [7, 11) is 0. The van der Waals surface area contributed by atoms with Crippen LogP contribution >= 0.6 is 0 Å². The molecular formula is C7H6N2O2. The Bertz CT molecular complexity index is 296. The van der Waals surface area contributed by atoms with E-state index in [4.69, 9.17) is 5.73 Å². The summed E-state index contributed by atoms with van der Waals surface area (Å²) >= 11 is 0. The predicted octanol–water partition coefficient (Wildman–Crippen LogP) is 1.48. The molecule has 4 heteroatoms. The molecule has 0 atom stereocenters. The van der Waals surface area contributed by atoms with Gasteiger partial charge in [0.25, 0.3) is 0 Å². The van der Waals surface area contributed by atoms with Gasteiger partial charge in [0.15, 0.2) is 0 Å². The summed E-state index contributed by atoms with van der Waals surface area (Å²) < 4.78 is 0. The van der Waals surface area contributed by atoms with Gasteiger partial charge in [-0.3, -0.25) is 4.79 Å². The van der Waals surface area contributed by atoms with Crippen molar-refractivity contribution >= 4 is 17.7 Å². The van der Waals surface area contributed by atoms with Gasteiger partial charge >= 0.3 is 0 Å². The van der Waals surface area contributed by atoms with E-state index < -0.39 is 0 Å². The monoisotopic (exact) mass is 150 g/mol. The Kier molecular flexibility index (Phi) is 1.96. The van der Waals surface area contributed by atoms with Crippen molar-refractivity contribution in [1.29, 1.82) is 0 Å². The van der Waals surface area contributed by atoms with E-state index in [2.05, 4.69) is 5.18 Å². The fourth-order valence-corrected chi connectivity index (χ4v) is 0.713. The molecule has 1 aromatic rings. The lowest BCUT2D eigenvalue weighted by atomic mass is 10.2. The summed E-state index contributed by atoms with van der Waals surface area (Å²) in [5.74, 6) is 0. The summed E-state index contributed by atoms with van der Waals surface area (Å²) in [6, 6.07) is 4.34. The molecule has 0 fully saturated rings. The van der Waals surface area contributed by atoms with Crippen molar-refractivity contribution in [2.45, 2.75) is 0 Å². The fraction of sp³-hybridized carbons (Fsp3) is 0. The van der Waals surface area contributed by atoms with Crippen LogP contribution in [0.3, 0.4) is 0 Å². The minimum absolute atomic E-state index is 0.106. The number of rotatable bonds is 2. The maximum Gasteiger partial charge on any atom is 0.150 e. The molecule has 56 valence electrons. The lowest BCUT2D eigenvalue weighted by molar-refractivity contribution is 0.112. The first-order valence-corrected chi connectivity index (χ1v) is 2.96. The summed E-state index contributed by atoms with van der Waals surface area (Å²) in [4.78, 5) is 20.3. The van der Waals surface area contributed by atoms with Crippen molar-refractivity contribution in [3.05, 3.63) is 28.7 Å². The van der Waals surface area contributed by atoms with Crippen LogP contribution in [-0.4, -0.2) is 6.29 Å². The molecule has 0 heterocycles. The summed E-state index contributed by atoms with van der Waals surface area (Å²) in [5, 5.41) is 2.64. The molecule has 0 aromatic heterocycles. The van der Waals surface area contributed by atoms with Gasteiger partial charge in [-0.05, 0) is 23.4 Å². The maximum atomic E-state index is 10.2. The van der Waals surface area contributed by atoms with Gasteiger partial charge in [-0.2, -0.15) is 0 Å². The average Bonchev–Trinajstić information content (AvgIpc) is 2.05. The molecule has 2 N–H and O–H groups in total. The second-order valence-electron chi connectivity index (χ2n) is 2.03. The molecule has 0 saturated heterocycles. The number of nitroso groups, excluding NO2 is 1. The van der Waals surface area contributed by atoms with Gasteiger partial charge in [-0.1, -0.05) is 0 Å². The van der Waals surface area contributed by atoms with Gasteiger partial charge < -0.3 is 5.73 Å². The Labute approximate surface area is 63.0 Å². The highest BCUT2D eigenvalue weighted by molar-refractivity contribution is 5.79. The van der Waals surface area contributed by atoms with Crippen LogP contribution in [0, 0.1) is 4.91 Å². The number of hydrogen-bond acceptors (Lipinski definition) is 4. The first-order chi connectivity index (χ1) is 5.27. The number of carbonyl (C=O) groups is 1. The molecule has 0 amide bonds. The average molecular weight is 150 g/mol. The Hall–Kier alpha value is -1.71. The van der Waals surface area contributed by atoms with E-state index in [0.29, 0.717) is 11.8 Å². The minimum Gasteiger partial charge on any atom is -0.397 e. The zero-order valence-corrected chi connectivity index (χ0v) is 5.65. The van der Waals surface area contributed by atoms with Gasteiger partial charge in [0.05, 0.1) is 5.69 Å². The van der Waals surface area contributed by atoms with E-state index in [-0.39, 0.29) is 11.4 Å². The summed E-state index contributed by atoms with van der Waals surface area (Å²) in [5.41, 5.74) is 6.13. The number of aldehydes is 1. The maximum absolute atomic E-state index is 10.2. The third kappa shape index (κ3) is 1.40. The van der Waals surface area contributed by atoms with Crippen LogP contribution in [0.25, 0.3) is 0 Å². The molecular weight excluding hydrogens is 144 g/mol. The van der Waals surface area contributed by atoms with Crippen molar-refractivity contribution in [1.82, 2.24) is 0 Å². The van der Waals surface area contributed by atoms with Gasteiger partial charge in [-0.15, -0.1) is 4.91 Å². The number of nitrogens with two attached hydrogens (primary N) is 1. The molecule has 0 aliphatic carbocycles. The van der Waals surface area contributed by atoms with Crippen LogP contribution in [0.1, 0.15) is 10.4 Å². The first-order valence-electron chi connectivity index (χ1n) is 2.96. The second-order valence-corrected chi connectivity index (χ2v) is 2.03. The van der Waals surface area contributed by atoms with Crippen LogP contribution in [-0.2, 0) is 0 Å². The van der Waals surface area contributed by atoms with Crippen LogP contribution in [0.5, 0.6) is 0 Å². The van der Waals surface area contributed by atoms with Crippen LogP contribution < -0.4 is 5.73 Å². The number of nitrogen functional groups attached to an aromatic ring is 1. The van der Waals surface area contributed by atoms with E-state index in [1.54, 1.807) is 0 Å². The molecule has 0 saturated carbocycles. The van der Waals surface area contributed by atoms with E-state index >= 15 is 0 Å². The molecule has 1 rings (SSSR count). The lowest BCUT2D eigenvalue weighted by Gasteiger charge is -1.95. The Morgan fingerprint density at radius 2 is 2.18 bits per heavy atom. The first kappa shape index (κ1) is 7.40. The van der Waals surface area contributed by atoms with E-state index in [0.717, 1.165) is 0 Å². The number of hydrogen-bond donors (Lipinski definition) is 1. The normalized spacial score (nSPS) is 9.09. The highest BCUT2D eigenvalue weighted by atomic mass is 16.3. The summed E-state index contributed by atoms with van der Waals surface area (Å²) in [6.45, 7) is 0. The zero-order valence-electron chi connectivity index (χ0n) is 5.65. The molecule has 1 aromatic carbocycles. The largest absolute Gasteiger partial charge is 0.397 e. The molecule has 0 bridgehead atoms. The van der Waals surface area contributed by atoms with E-state index in [9.17, 15) is 9.70 Å². The highest BCUT2D eigenvalue weighted by Gasteiger charge is 1.98. The van der Waals surface area contributed by atoms with Gasteiger partial charge in [0.2, 0.25) is 0 Å². The summed E-state index contributed by atoms with van der Waals surface area (Å²) in [6.07, 6.45) is 0.633. The van der Waals surface area contributed by atoms with Crippen molar-refractivity contribution in [2.75, 3.05) is 5.73 Å². The van der Waals surface area contributed by atoms with Crippen molar-refractivity contribution in [2.24, 2.45) is 5.18 Å². The van der Waals surface area contributed by atoms with Crippen molar-refractivity contribution in [3.63, 3.8) is 0 Å². The minimum atomic E-state index is 0.106. The van der Waals surface area contributed by atoms with Gasteiger partial charge in [-0.25, -0.2) is 0 Å². The highest BCUT2D eigenvalue weighted by Crippen LogP contribution is 2.21. The predicted molar refractivity (Wildman–Crippen MR) is 41.7 cm³/mol. The number of carbonyl (C=O) groups excluding carboxylic acids is 1. The number of anilines is 1.